The standard InChI is InChI=1S/C13H22N2/c1-5-13(3,4)10-14-9-12-11(2)7-6-8-15-12/h6-8,14H,5,9-10H2,1-4H3. The van der Waals surface area contributed by atoms with Crippen molar-refractivity contribution in [3.8, 4) is 0 Å². The number of pyridine rings is 1. The second-order valence-corrected chi connectivity index (χ2v) is 4.89. The summed E-state index contributed by atoms with van der Waals surface area (Å²) in [5.41, 5.74) is 2.80. The van der Waals surface area contributed by atoms with E-state index < -0.39 is 0 Å². The first-order valence-corrected chi connectivity index (χ1v) is 5.66. The molecule has 1 N–H and O–H groups in total. The molecule has 0 saturated carbocycles. The fourth-order valence-corrected chi connectivity index (χ4v) is 1.35. The maximum Gasteiger partial charge on any atom is 0.0570 e. The zero-order valence-electron chi connectivity index (χ0n) is 10.3. The zero-order valence-corrected chi connectivity index (χ0v) is 10.3. The molecular weight excluding hydrogens is 184 g/mol. The fraction of sp³-hybridized carbons (Fsp3) is 0.615. The molecule has 2 nitrogen and oxygen atoms in total. The molecule has 0 aliphatic heterocycles. The normalized spacial score (nSPS) is 11.7. The highest BCUT2D eigenvalue weighted by atomic mass is 14.9. The Balaban J connectivity index is 2.42. The number of aromatic nitrogens is 1. The van der Waals surface area contributed by atoms with E-state index in [9.17, 15) is 0 Å². The van der Waals surface area contributed by atoms with Crippen LogP contribution in [0.25, 0.3) is 0 Å². The van der Waals surface area contributed by atoms with Gasteiger partial charge in [-0.15, -0.1) is 0 Å². The summed E-state index contributed by atoms with van der Waals surface area (Å²) in [6, 6.07) is 4.09. The first kappa shape index (κ1) is 12.2. The lowest BCUT2D eigenvalue weighted by Gasteiger charge is -2.23. The molecule has 2 heteroatoms. The average Bonchev–Trinajstić information content (AvgIpc) is 2.21. The van der Waals surface area contributed by atoms with E-state index >= 15 is 0 Å². The quantitative estimate of drug-likeness (QED) is 0.801. The van der Waals surface area contributed by atoms with Crippen LogP contribution < -0.4 is 5.32 Å². The lowest BCUT2D eigenvalue weighted by atomic mass is 9.90. The van der Waals surface area contributed by atoms with E-state index in [0.717, 1.165) is 18.8 Å². The van der Waals surface area contributed by atoms with Gasteiger partial charge in [-0.05, 0) is 30.4 Å². The lowest BCUT2D eigenvalue weighted by molar-refractivity contribution is 0.327. The predicted molar refractivity (Wildman–Crippen MR) is 64.8 cm³/mol. The highest BCUT2D eigenvalue weighted by Crippen LogP contribution is 2.17. The van der Waals surface area contributed by atoms with E-state index in [4.69, 9.17) is 0 Å². The Morgan fingerprint density at radius 1 is 1.40 bits per heavy atom. The average molecular weight is 206 g/mol. The van der Waals surface area contributed by atoms with Crippen molar-refractivity contribution < 1.29 is 0 Å². The molecule has 1 aromatic rings. The zero-order chi connectivity index (χ0) is 11.3. The molecule has 0 atom stereocenters. The van der Waals surface area contributed by atoms with Crippen LogP contribution in [0.2, 0.25) is 0 Å². The summed E-state index contributed by atoms with van der Waals surface area (Å²) >= 11 is 0. The third-order valence-corrected chi connectivity index (χ3v) is 2.97. The number of rotatable bonds is 5. The van der Waals surface area contributed by atoms with Gasteiger partial charge in [-0.1, -0.05) is 26.8 Å². The van der Waals surface area contributed by atoms with Crippen LogP contribution in [-0.2, 0) is 6.54 Å². The molecule has 0 aliphatic carbocycles. The molecule has 1 rings (SSSR count). The molecule has 0 fully saturated rings. The van der Waals surface area contributed by atoms with E-state index in [1.54, 1.807) is 0 Å². The van der Waals surface area contributed by atoms with Crippen molar-refractivity contribution in [1.29, 1.82) is 0 Å². The molecule has 0 unspecified atom stereocenters. The van der Waals surface area contributed by atoms with Crippen LogP contribution in [0.5, 0.6) is 0 Å². The SMILES string of the molecule is CCC(C)(C)CNCc1ncccc1C. The van der Waals surface area contributed by atoms with Gasteiger partial charge in [0.05, 0.1) is 5.69 Å². The number of aryl methyl sites for hydroxylation is 1. The van der Waals surface area contributed by atoms with Crippen molar-refractivity contribution in [3.05, 3.63) is 29.6 Å². The van der Waals surface area contributed by atoms with Crippen molar-refractivity contribution in [1.82, 2.24) is 10.3 Å². The van der Waals surface area contributed by atoms with Crippen molar-refractivity contribution in [2.24, 2.45) is 5.41 Å². The summed E-state index contributed by atoms with van der Waals surface area (Å²) in [6.07, 6.45) is 3.05. The Morgan fingerprint density at radius 3 is 2.73 bits per heavy atom. The van der Waals surface area contributed by atoms with E-state index in [0.29, 0.717) is 5.41 Å². The van der Waals surface area contributed by atoms with Gasteiger partial charge in [0, 0.05) is 19.3 Å². The molecule has 15 heavy (non-hydrogen) atoms. The van der Waals surface area contributed by atoms with Crippen molar-refractivity contribution >= 4 is 0 Å². The van der Waals surface area contributed by atoms with Gasteiger partial charge < -0.3 is 5.32 Å². The third-order valence-electron chi connectivity index (χ3n) is 2.97. The van der Waals surface area contributed by atoms with Crippen LogP contribution in [0, 0.1) is 12.3 Å². The minimum Gasteiger partial charge on any atom is -0.311 e. The van der Waals surface area contributed by atoms with Gasteiger partial charge in [0.15, 0.2) is 0 Å². The molecule has 0 radical (unpaired) electrons. The maximum absolute atomic E-state index is 4.36. The number of nitrogens with zero attached hydrogens (tertiary/aromatic N) is 1. The topological polar surface area (TPSA) is 24.9 Å². The first-order valence-electron chi connectivity index (χ1n) is 5.66. The maximum atomic E-state index is 4.36. The largest absolute Gasteiger partial charge is 0.311 e. The summed E-state index contributed by atoms with van der Waals surface area (Å²) in [6.45, 7) is 10.8. The Labute approximate surface area is 93.1 Å². The van der Waals surface area contributed by atoms with Crippen molar-refractivity contribution in [2.45, 2.75) is 40.7 Å². The Morgan fingerprint density at radius 2 is 2.13 bits per heavy atom. The summed E-state index contributed by atoms with van der Waals surface area (Å²) in [7, 11) is 0. The molecule has 0 saturated heterocycles. The van der Waals surface area contributed by atoms with Gasteiger partial charge in [0.25, 0.3) is 0 Å². The first-order chi connectivity index (χ1) is 7.05. The molecular formula is C13H22N2. The van der Waals surface area contributed by atoms with Crippen LogP contribution in [0.4, 0.5) is 0 Å². The molecule has 1 aromatic heterocycles. The van der Waals surface area contributed by atoms with Crippen molar-refractivity contribution in [2.75, 3.05) is 6.54 Å². The number of hydrogen-bond donors (Lipinski definition) is 1. The van der Waals surface area contributed by atoms with Crippen LogP contribution in [-0.4, -0.2) is 11.5 Å². The minimum absolute atomic E-state index is 0.378. The van der Waals surface area contributed by atoms with Gasteiger partial charge in [-0.2, -0.15) is 0 Å². The van der Waals surface area contributed by atoms with E-state index in [2.05, 4.69) is 44.1 Å². The Bertz CT molecular complexity index is 305. The molecule has 0 amide bonds. The second-order valence-electron chi connectivity index (χ2n) is 4.89. The van der Waals surface area contributed by atoms with Gasteiger partial charge >= 0.3 is 0 Å². The summed E-state index contributed by atoms with van der Waals surface area (Å²) in [5, 5.41) is 3.47. The lowest BCUT2D eigenvalue weighted by Crippen LogP contribution is -2.28. The fourth-order valence-electron chi connectivity index (χ4n) is 1.35. The monoisotopic (exact) mass is 206 g/mol. The van der Waals surface area contributed by atoms with Crippen LogP contribution >= 0.6 is 0 Å². The smallest absolute Gasteiger partial charge is 0.0570 e. The number of nitrogens with one attached hydrogen (secondary N) is 1. The van der Waals surface area contributed by atoms with E-state index in [-0.39, 0.29) is 0 Å². The van der Waals surface area contributed by atoms with Crippen LogP contribution in [0.3, 0.4) is 0 Å². The van der Waals surface area contributed by atoms with Crippen LogP contribution in [0.15, 0.2) is 18.3 Å². The van der Waals surface area contributed by atoms with Gasteiger partial charge in [0.1, 0.15) is 0 Å². The highest BCUT2D eigenvalue weighted by molar-refractivity contribution is 5.17. The summed E-state index contributed by atoms with van der Waals surface area (Å²) in [4.78, 5) is 4.36. The molecule has 0 aromatic carbocycles. The van der Waals surface area contributed by atoms with E-state index in [1.165, 1.54) is 12.0 Å². The third kappa shape index (κ3) is 4.00. The van der Waals surface area contributed by atoms with Gasteiger partial charge in [-0.3, -0.25) is 4.98 Å². The molecule has 0 spiro atoms. The van der Waals surface area contributed by atoms with Gasteiger partial charge in [0.2, 0.25) is 0 Å². The van der Waals surface area contributed by atoms with Crippen molar-refractivity contribution in [3.63, 3.8) is 0 Å². The second kappa shape index (κ2) is 5.26. The predicted octanol–water partition coefficient (Wildman–Crippen LogP) is 2.92. The van der Waals surface area contributed by atoms with Gasteiger partial charge in [-0.25, -0.2) is 0 Å². The Hall–Kier alpha value is -0.890. The summed E-state index contributed by atoms with van der Waals surface area (Å²) < 4.78 is 0. The van der Waals surface area contributed by atoms with Crippen LogP contribution in [0.1, 0.15) is 38.4 Å². The summed E-state index contributed by atoms with van der Waals surface area (Å²) in [5.74, 6) is 0. The molecule has 0 aliphatic rings. The molecule has 0 bridgehead atoms. The molecule has 84 valence electrons. The highest BCUT2D eigenvalue weighted by Gasteiger charge is 2.14. The number of hydrogen-bond acceptors (Lipinski definition) is 2. The Kier molecular flexibility index (Phi) is 4.28. The molecule has 1 heterocycles. The minimum atomic E-state index is 0.378. The van der Waals surface area contributed by atoms with E-state index in [1.807, 2.05) is 12.3 Å².